The zero-order valence-electron chi connectivity index (χ0n) is 14.5. The molecule has 0 aliphatic rings. The number of anilines is 1. The van der Waals surface area contributed by atoms with Gasteiger partial charge in [-0.2, -0.15) is 0 Å². The Bertz CT molecular complexity index is 637. The number of esters is 1. The van der Waals surface area contributed by atoms with Crippen LogP contribution >= 0.6 is 11.3 Å². The number of ether oxygens (including phenoxy) is 1. The van der Waals surface area contributed by atoms with Gasteiger partial charge in [0.1, 0.15) is 5.69 Å². The molecule has 134 valence electrons. The van der Waals surface area contributed by atoms with Gasteiger partial charge in [0, 0.05) is 13.5 Å². The van der Waals surface area contributed by atoms with E-state index in [1.807, 2.05) is 0 Å². The van der Waals surface area contributed by atoms with E-state index < -0.39 is 31.3 Å². The van der Waals surface area contributed by atoms with E-state index in [1.165, 1.54) is 19.2 Å². The standard InChI is InChI=1S/C14H23N3O5SSi/c1-14(2,12(20)21-6-7-24(3,4)5)22-17-10(11(18)19)9-8-23-13(15)16-9/h8H,6-7H2,1-5H3,(H2,15,16)(H,18,19). The van der Waals surface area contributed by atoms with Crippen molar-refractivity contribution in [1.29, 1.82) is 0 Å². The lowest BCUT2D eigenvalue weighted by atomic mass is 10.1. The molecular weight excluding hydrogens is 350 g/mol. The summed E-state index contributed by atoms with van der Waals surface area (Å²) in [4.78, 5) is 32.3. The summed E-state index contributed by atoms with van der Waals surface area (Å²) in [6, 6.07) is 0.830. The van der Waals surface area contributed by atoms with Crippen LogP contribution in [-0.4, -0.2) is 48.0 Å². The molecule has 0 saturated heterocycles. The minimum absolute atomic E-state index is 0.0768. The van der Waals surface area contributed by atoms with Gasteiger partial charge in [0.2, 0.25) is 11.3 Å². The minimum atomic E-state index is -1.41. The van der Waals surface area contributed by atoms with E-state index in [-0.39, 0.29) is 10.8 Å². The van der Waals surface area contributed by atoms with E-state index >= 15 is 0 Å². The fourth-order valence-electron chi connectivity index (χ4n) is 1.41. The Morgan fingerprint density at radius 1 is 1.42 bits per heavy atom. The van der Waals surface area contributed by atoms with Crippen molar-refractivity contribution in [2.24, 2.45) is 5.16 Å². The van der Waals surface area contributed by atoms with Crippen LogP contribution in [0.4, 0.5) is 5.13 Å². The second-order valence-corrected chi connectivity index (χ2v) is 13.4. The molecule has 1 aromatic rings. The number of carboxylic acids is 1. The maximum absolute atomic E-state index is 12.1. The Kier molecular flexibility index (Phi) is 6.49. The molecule has 0 atom stereocenters. The highest BCUT2D eigenvalue weighted by molar-refractivity contribution is 7.13. The number of carboxylic acid groups (broad SMARTS) is 1. The van der Waals surface area contributed by atoms with Crippen molar-refractivity contribution in [3.05, 3.63) is 11.1 Å². The van der Waals surface area contributed by atoms with Gasteiger partial charge in [0.05, 0.1) is 6.61 Å². The highest BCUT2D eigenvalue weighted by Gasteiger charge is 2.33. The number of carbonyl (C=O) groups excluding carboxylic acids is 1. The molecule has 0 saturated carbocycles. The molecule has 1 heterocycles. The van der Waals surface area contributed by atoms with Crippen molar-refractivity contribution in [3.8, 4) is 0 Å². The summed E-state index contributed by atoms with van der Waals surface area (Å²) in [6.45, 7) is 9.74. The smallest absolute Gasteiger partial charge is 0.360 e. The topological polar surface area (TPSA) is 124 Å². The van der Waals surface area contributed by atoms with E-state index in [1.54, 1.807) is 0 Å². The van der Waals surface area contributed by atoms with Crippen LogP contribution in [0, 0.1) is 0 Å². The van der Waals surface area contributed by atoms with Gasteiger partial charge < -0.3 is 20.4 Å². The first-order chi connectivity index (χ1) is 10.9. The summed E-state index contributed by atoms with van der Waals surface area (Å²) >= 11 is 1.08. The average molecular weight is 374 g/mol. The molecule has 0 unspecified atom stereocenters. The Balaban J connectivity index is 2.76. The summed E-state index contributed by atoms with van der Waals surface area (Å²) < 4.78 is 5.21. The first-order valence-electron chi connectivity index (χ1n) is 7.30. The van der Waals surface area contributed by atoms with Crippen molar-refractivity contribution in [2.45, 2.75) is 45.1 Å². The predicted molar refractivity (Wildman–Crippen MR) is 95.0 cm³/mol. The van der Waals surface area contributed by atoms with Crippen LogP contribution in [0.1, 0.15) is 19.5 Å². The summed E-state index contributed by atoms with van der Waals surface area (Å²) in [7, 11) is -1.32. The molecule has 3 N–H and O–H groups in total. The van der Waals surface area contributed by atoms with Crippen molar-refractivity contribution >= 4 is 42.2 Å². The summed E-state index contributed by atoms with van der Waals surface area (Å²) in [6.07, 6.45) is 0. The SMILES string of the molecule is CC(C)(ON=C(C(=O)O)c1csc(N)n1)C(=O)OCC[Si](C)(C)C. The first-order valence-corrected chi connectivity index (χ1v) is 11.9. The lowest BCUT2D eigenvalue weighted by Crippen LogP contribution is -2.37. The van der Waals surface area contributed by atoms with Gasteiger partial charge in [-0.15, -0.1) is 11.3 Å². The van der Waals surface area contributed by atoms with Gasteiger partial charge in [-0.25, -0.2) is 14.6 Å². The Hall–Kier alpha value is -1.94. The second kappa shape index (κ2) is 7.75. The van der Waals surface area contributed by atoms with Crippen molar-refractivity contribution in [2.75, 3.05) is 12.3 Å². The van der Waals surface area contributed by atoms with Gasteiger partial charge in [-0.3, -0.25) is 0 Å². The first kappa shape index (κ1) is 20.1. The van der Waals surface area contributed by atoms with E-state index in [0.29, 0.717) is 6.61 Å². The molecule has 1 aromatic heterocycles. The molecule has 10 heteroatoms. The number of thiazole rings is 1. The van der Waals surface area contributed by atoms with Crippen LogP contribution in [0.25, 0.3) is 0 Å². The largest absolute Gasteiger partial charge is 0.476 e. The Morgan fingerprint density at radius 2 is 2.04 bits per heavy atom. The number of nitrogens with two attached hydrogens (primary N) is 1. The molecule has 0 fully saturated rings. The third-order valence-electron chi connectivity index (χ3n) is 2.91. The molecule has 8 nitrogen and oxygen atoms in total. The van der Waals surface area contributed by atoms with Crippen LogP contribution in [0.5, 0.6) is 0 Å². The van der Waals surface area contributed by atoms with E-state index in [9.17, 15) is 14.7 Å². The molecule has 0 spiro atoms. The Labute approximate surface area is 145 Å². The van der Waals surface area contributed by atoms with Crippen LogP contribution in [0.3, 0.4) is 0 Å². The summed E-state index contributed by atoms with van der Waals surface area (Å²) in [5, 5.41) is 14.4. The maximum Gasteiger partial charge on any atom is 0.360 e. The number of aromatic nitrogens is 1. The van der Waals surface area contributed by atoms with E-state index in [4.69, 9.17) is 15.3 Å². The second-order valence-electron chi connectivity index (χ2n) is 6.86. The lowest BCUT2D eigenvalue weighted by molar-refractivity contribution is -0.167. The zero-order valence-corrected chi connectivity index (χ0v) is 16.3. The zero-order chi connectivity index (χ0) is 18.5. The normalized spacial score (nSPS) is 12.8. The van der Waals surface area contributed by atoms with Crippen LogP contribution in [0.15, 0.2) is 10.5 Å². The van der Waals surface area contributed by atoms with E-state index in [0.717, 1.165) is 17.4 Å². The number of hydrogen-bond donors (Lipinski definition) is 2. The molecule has 0 bridgehead atoms. The maximum atomic E-state index is 12.1. The van der Waals surface area contributed by atoms with Gasteiger partial charge in [-0.05, 0) is 19.9 Å². The number of hydrogen-bond acceptors (Lipinski definition) is 8. The van der Waals surface area contributed by atoms with Crippen LogP contribution in [0.2, 0.25) is 25.7 Å². The number of rotatable bonds is 8. The Morgan fingerprint density at radius 3 is 2.50 bits per heavy atom. The highest BCUT2D eigenvalue weighted by atomic mass is 32.1. The van der Waals surface area contributed by atoms with Crippen molar-refractivity contribution in [3.63, 3.8) is 0 Å². The number of oxime groups is 1. The van der Waals surface area contributed by atoms with Gasteiger partial charge >= 0.3 is 11.9 Å². The molecule has 0 aliphatic carbocycles. The fraction of sp³-hybridized carbons (Fsp3) is 0.571. The number of aliphatic carboxylic acids is 1. The number of nitrogen functional groups attached to an aromatic ring is 1. The molecule has 0 amide bonds. The molecule has 0 aliphatic heterocycles. The van der Waals surface area contributed by atoms with Crippen LogP contribution in [-0.2, 0) is 19.2 Å². The van der Waals surface area contributed by atoms with Crippen LogP contribution < -0.4 is 5.73 Å². The van der Waals surface area contributed by atoms with Crippen molar-refractivity contribution < 1.29 is 24.3 Å². The average Bonchev–Trinajstić information content (AvgIpc) is 2.83. The third kappa shape index (κ3) is 6.28. The van der Waals surface area contributed by atoms with E-state index in [2.05, 4.69) is 29.8 Å². The molecular formula is C14H23N3O5SSi. The monoisotopic (exact) mass is 373 g/mol. The van der Waals surface area contributed by atoms with Gasteiger partial charge in [0.25, 0.3) is 0 Å². The number of nitrogens with zero attached hydrogens (tertiary/aromatic N) is 2. The quantitative estimate of drug-likeness (QED) is 0.310. The molecule has 1 rings (SSSR count). The van der Waals surface area contributed by atoms with Crippen molar-refractivity contribution in [1.82, 2.24) is 4.98 Å². The fourth-order valence-corrected chi connectivity index (χ4v) is 2.67. The van der Waals surface area contributed by atoms with Gasteiger partial charge in [0.15, 0.2) is 5.13 Å². The number of carbonyl (C=O) groups is 2. The molecule has 24 heavy (non-hydrogen) atoms. The van der Waals surface area contributed by atoms with Gasteiger partial charge in [-0.1, -0.05) is 24.8 Å². The third-order valence-corrected chi connectivity index (χ3v) is 5.29. The molecule has 0 radical (unpaired) electrons. The molecule has 0 aromatic carbocycles. The lowest BCUT2D eigenvalue weighted by Gasteiger charge is -2.22. The highest BCUT2D eigenvalue weighted by Crippen LogP contribution is 2.17. The minimum Gasteiger partial charge on any atom is -0.476 e. The summed E-state index contributed by atoms with van der Waals surface area (Å²) in [5.74, 6) is -1.93. The summed E-state index contributed by atoms with van der Waals surface area (Å²) in [5.41, 5.74) is 3.72. The predicted octanol–water partition coefficient (Wildman–Crippen LogP) is 2.19.